The minimum atomic E-state index is -3.76. The van der Waals surface area contributed by atoms with Crippen molar-refractivity contribution in [2.45, 2.75) is 17.7 Å². The molecular formula is C18H17ClF2N2O3S. The number of piperidine rings is 1. The normalized spacial score (nSPS) is 18.3. The third kappa shape index (κ3) is 4.45. The molecule has 0 unspecified atom stereocenters. The molecule has 1 fully saturated rings. The van der Waals surface area contributed by atoms with Crippen LogP contribution in [0.1, 0.15) is 12.8 Å². The summed E-state index contributed by atoms with van der Waals surface area (Å²) >= 11 is 5.80. The Labute approximate surface area is 161 Å². The Morgan fingerprint density at radius 2 is 1.85 bits per heavy atom. The third-order valence-corrected chi connectivity index (χ3v) is 6.53. The van der Waals surface area contributed by atoms with Gasteiger partial charge in [0.1, 0.15) is 11.6 Å². The van der Waals surface area contributed by atoms with Crippen molar-refractivity contribution in [1.82, 2.24) is 4.31 Å². The molecular weight excluding hydrogens is 398 g/mol. The summed E-state index contributed by atoms with van der Waals surface area (Å²) in [7, 11) is -3.76. The van der Waals surface area contributed by atoms with Crippen molar-refractivity contribution in [3.05, 3.63) is 59.1 Å². The van der Waals surface area contributed by atoms with Crippen molar-refractivity contribution in [3.8, 4) is 0 Å². The zero-order chi connectivity index (χ0) is 19.6. The smallest absolute Gasteiger partial charge is 0.243 e. The topological polar surface area (TPSA) is 66.5 Å². The molecule has 1 N–H and O–H groups in total. The molecule has 1 aliphatic rings. The number of carbonyl (C=O) groups excluding carboxylic acids is 1. The molecule has 0 aromatic heterocycles. The van der Waals surface area contributed by atoms with Crippen molar-refractivity contribution < 1.29 is 22.0 Å². The molecule has 0 saturated carbocycles. The number of carbonyl (C=O) groups is 1. The minimum Gasteiger partial charge on any atom is -0.323 e. The summed E-state index contributed by atoms with van der Waals surface area (Å²) in [5.74, 6) is -2.77. The molecule has 0 bridgehead atoms. The number of hydrogen-bond donors (Lipinski definition) is 1. The molecule has 144 valence electrons. The second-order valence-electron chi connectivity index (χ2n) is 6.27. The van der Waals surface area contributed by atoms with Gasteiger partial charge in [-0.25, -0.2) is 17.2 Å². The summed E-state index contributed by atoms with van der Waals surface area (Å²) in [5, 5.41) is 2.83. The van der Waals surface area contributed by atoms with Gasteiger partial charge in [-0.1, -0.05) is 11.6 Å². The lowest BCUT2D eigenvalue weighted by molar-refractivity contribution is -0.120. The van der Waals surface area contributed by atoms with Crippen LogP contribution in [-0.4, -0.2) is 31.7 Å². The molecule has 1 heterocycles. The predicted octanol–water partition coefficient (Wildman–Crippen LogP) is 3.66. The average Bonchev–Trinajstić information content (AvgIpc) is 2.64. The molecule has 27 heavy (non-hydrogen) atoms. The Balaban J connectivity index is 1.73. The van der Waals surface area contributed by atoms with E-state index in [-0.39, 0.29) is 17.1 Å². The van der Waals surface area contributed by atoms with Gasteiger partial charge < -0.3 is 5.32 Å². The van der Waals surface area contributed by atoms with Crippen LogP contribution in [0, 0.1) is 17.6 Å². The monoisotopic (exact) mass is 414 g/mol. The molecule has 2 aromatic carbocycles. The van der Waals surface area contributed by atoms with Gasteiger partial charge in [-0.05, 0) is 49.2 Å². The molecule has 3 rings (SSSR count). The van der Waals surface area contributed by atoms with Gasteiger partial charge in [0.15, 0.2) is 0 Å². The molecule has 0 radical (unpaired) electrons. The maximum Gasteiger partial charge on any atom is 0.243 e. The SMILES string of the molecule is O=C(Nc1ccc(F)cc1F)[C@@H]1CCCN(S(=O)(=O)c2ccc(Cl)cc2)C1. The van der Waals surface area contributed by atoms with Crippen LogP contribution < -0.4 is 5.32 Å². The number of halogens is 3. The summed E-state index contributed by atoms with van der Waals surface area (Å²) in [6.07, 6.45) is 0.970. The number of benzene rings is 2. The fraction of sp³-hybridized carbons (Fsp3) is 0.278. The number of amides is 1. The summed E-state index contributed by atoms with van der Waals surface area (Å²) in [5.41, 5.74) is -0.140. The van der Waals surface area contributed by atoms with Crippen molar-refractivity contribution >= 4 is 33.2 Å². The van der Waals surface area contributed by atoms with Gasteiger partial charge in [-0.15, -0.1) is 0 Å². The van der Waals surface area contributed by atoms with Gasteiger partial charge >= 0.3 is 0 Å². The molecule has 1 atom stereocenters. The lowest BCUT2D eigenvalue weighted by Crippen LogP contribution is -2.43. The van der Waals surface area contributed by atoms with Gasteiger partial charge in [0.2, 0.25) is 15.9 Å². The van der Waals surface area contributed by atoms with Crippen LogP contribution in [0.5, 0.6) is 0 Å². The second-order valence-corrected chi connectivity index (χ2v) is 8.64. The van der Waals surface area contributed by atoms with E-state index in [0.29, 0.717) is 30.5 Å². The Morgan fingerprint density at radius 1 is 1.15 bits per heavy atom. The Kier molecular flexibility index (Phi) is 5.78. The Bertz CT molecular complexity index is 952. The first-order chi connectivity index (χ1) is 12.8. The fourth-order valence-electron chi connectivity index (χ4n) is 2.96. The summed E-state index contributed by atoms with van der Waals surface area (Å²) < 4.78 is 53.5. The van der Waals surface area contributed by atoms with E-state index in [4.69, 9.17) is 11.6 Å². The van der Waals surface area contributed by atoms with Gasteiger partial charge in [0.25, 0.3) is 0 Å². The fourth-order valence-corrected chi connectivity index (χ4v) is 4.61. The van der Waals surface area contributed by atoms with Gasteiger partial charge in [-0.2, -0.15) is 4.31 Å². The van der Waals surface area contributed by atoms with E-state index in [0.717, 1.165) is 12.1 Å². The van der Waals surface area contributed by atoms with Crippen LogP contribution in [0.15, 0.2) is 47.4 Å². The van der Waals surface area contributed by atoms with Crippen LogP contribution in [0.4, 0.5) is 14.5 Å². The standard InChI is InChI=1S/C18H17ClF2N2O3S/c19-13-3-6-15(7-4-13)27(25,26)23-9-1-2-12(11-23)18(24)22-17-8-5-14(20)10-16(17)21/h3-8,10,12H,1-2,9,11H2,(H,22,24)/t12-/m1/s1. The van der Waals surface area contributed by atoms with E-state index < -0.39 is 33.5 Å². The van der Waals surface area contributed by atoms with Gasteiger partial charge in [0, 0.05) is 24.2 Å². The van der Waals surface area contributed by atoms with Crippen molar-refractivity contribution in [2.75, 3.05) is 18.4 Å². The number of nitrogens with one attached hydrogen (secondary N) is 1. The van der Waals surface area contributed by atoms with Gasteiger partial charge in [-0.3, -0.25) is 4.79 Å². The molecule has 9 heteroatoms. The first kappa shape index (κ1) is 19.7. The average molecular weight is 415 g/mol. The van der Waals surface area contributed by atoms with E-state index in [1.807, 2.05) is 0 Å². The molecule has 1 saturated heterocycles. The first-order valence-electron chi connectivity index (χ1n) is 8.29. The highest BCUT2D eigenvalue weighted by molar-refractivity contribution is 7.89. The van der Waals surface area contributed by atoms with Crippen LogP contribution in [0.3, 0.4) is 0 Å². The highest BCUT2D eigenvalue weighted by atomic mass is 35.5. The van der Waals surface area contributed by atoms with Crippen LogP contribution in [-0.2, 0) is 14.8 Å². The molecule has 5 nitrogen and oxygen atoms in total. The van der Waals surface area contributed by atoms with E-state index >= 15 is 0 Å². The van der Waals surface area contributed by atoms with Crippen molar-refractivity contribution in [1.29, 1.82) is 0 Å². The number of anilines is 1. The van der Waals surface area contributed by atoms with Crippen LogP contribution in [0.2, 0.25) is 5.02 Å². The minimum absolute atomic E-state index is 0.0143. The zero-order valence-electron chi connectivity index (χ0n) is 14.2. The largest absolute Gasteiger partial charge is 0.323 e. The van der Waals surface area contributed by atoms with Crippen molar-refractivity contribution in [3.63, 3.8) is 0 Å². The van der Waals surface area contributed by atoms with Crippen molar-refractivity contribution in [2.24, 2.45) is 5.92 Å². The number of hydrogen-bond acceptors (Lipinski definition) is 3. The highest BCUT2D eigenvalue weighted by Gasteiger charge is 2.33. The van der Waals surface area contributed by atoms with E-state index in [9.17, 15) is 22.0 Å². The molecule has 2 aromatic rings. The number of rotatable bonds is 4. The van der Waals surface area contributed by atoms with Gasteiger partial charge in [0.05, 0.1) is 16.5 Å². The van der Waals surface area contributed by atoms with E-state index in [2.05, 4.69) is 5.32 Å². The molecule has 1 amide bonds. The van der Waals surface area contributed by atoms with Crippen LogP contribution >= 0.6 is 11.6 Å². The third-order valence-electron chi connectivity index (χ3n) is 4.40. The lowest BCUT2D eigenvalue weighted by Gasteiger charge is -2.31. The molecule has 0 aliphatic carbocycles. The lowest BCUT2D eigenvalue weighted by atomic mass is 9.98. The maximum absolute atomic E-state index is 13.7. The zero-order valence-corrected chi connectivity index (χ0v) is 15.7. The second kappa shape index (κ2) is 7.92. The van der Waals surface area contributed by atoms with Crippen LogP contribution in [0.25, 0.3) is 0 Å². The predicted molar refractivity (Wildman–Crippen MR) is 97.9 cm³/mol. The molecule has 1 aliphatic heterocycles. The quantitative estimate of drug-likeness (QED) is 0.830. The van der Waals surface area contributed by atoms with E-state index in [1.54, 1.807) is 0 Å². The summed E-state index contributed by atoms with van der Waals surface area (Å²) in [4.78, 5) is 12.5. The molecule has 0 spiro atoms. The maximum atomic E-state index is 13.7. The highest BCUT2D eigenvalue weighted by Crippen LogP contribution is 2.26. The Hall–Kier alpha value is -2.03. The summed E-state index contributed by atoms with van der Waals surface area (Å²) in [6, 6.07) is 8.64. The first-order valence-corrected chi connectivity index (χ1v) is 10.1. The summed E-state index contributed by atoms with van der Waals surface area (Å²) in [6.45, 7) is 0.277. The Morgan fingerprint density at radius 3 is 2.52 bits per heavy atom. The van der Waals surface area contributed by atoms with E-state index in [1.165, 1.54) is 28.6 Å². The number of sulfonamides is 1. The number of nitrogens with zero attached hydrogens (tertiary/aromatic N) is 1.